The van der Waals surface area contributed by atoms with Gasteiger partial charge >= 0.3 is 5.97 Å². The third kappa shape index (κ3) is 5.21. The standard InChI is InChI=1S/C15H27NO3/c1-3-7-12(10-11-8-5-6-9-11)14(17)16-13(4-2)15(18)19/h11-13H,3-10H2,1-2H3,(H,16,17)(H,18,19). The van der Waals surface area contributed by atoms with Crippen LogP contribution >= 0.6 is 0 Å². The second-order valence-electron chi connectivity index (χ2n) is 5.68. The average Bonchev–Trinajstić information content (AvgIpc) is 2.87. The summed E-state index contributed by atoms with van der Waals surface area (Å²) in [5.74, 6) is -0.358. The second-order valence-corrected chi connectivity index (χ2v) is 5.68. The first kappa shape index (κ1) is 16.0. The quantitative estimate of drug-likeness (QED) is 0.712. The van der Waals surface area contributed by atoms with Gasteiger partial charge in [-0.05, 0) is 25.2 Å². The lowest BCUT2D eigenvalue weighted by Gasteiger charge is -2.21. The van der Waals surface area contributed by atoms with Crippen LogP contribution in [0, 0.1) is 11.8 Å². The maximum atomic E-state index is 12.2. The van der Waals surface area contributed by atoms with Gasteiger partial charge in [-0.15, -0.1) is 0 Å². The van der Waals surface area contributed by atoms with Crippen LogP contribution in [0.1, 0.15) is 65.2 Å². The van der Waals surface area contributed by atoms with Crippen molar-refractivity contribution in [2.24, 2.45) is 11.8 Å². The number of amides is 1. The Morgan fingerprint density at radius 1 is 1.26 bits per heavy atom. The molecule has 0 aromatic rings. The number of rotatable bonds is 8. The second kappa shape index (κ2) is 8.18. The van der Waals surface area contributed by atoms with Crippen molar-refractivity contribution < 1.29 is 14.7 Å². The van der Waals surface area contributed by atoms with Crippen LogP contribution in [0.15, 0.2) is 0 Å². The molecule has 0 heterocycles. The van der Waals surface area contributed by atoms with Gasteiger partial charge < -0.3 is 10.4 Å². The average molecular weight is 269 g/mol. The Labute approximate surface area is 116 Å². The zero-order valence-electron chi connectivity index (χ0n) is 12.2. The van der Waals surface area contributed by atoms with E-state index in [1.807, 2.05) is 0 Å². The minimum atomic E-state index is -0.938. The van der Waals surface area contributed by atoms with Gasteiger partial charge in [0, 0.05) is 5.92 Å². The van der Waals surface area contributed by atoms with Gasteiger partial charge in [-0.25, -0.2) is 4.79 Å². The van der Waals surface area contributed by atoms with Crippen molar-refractivity contribution in [2.45, 2.75) is 71.3 Å². The highest BCUT2D eigenvalue weighted by Gasteiger charge is 2.27. The number of carboxylic acids is 1. The zero-order valence-corrected chi connectivity index (χ0v) is 12.2. The van der Waals surface area contributed by atoms with Crippen molar-refractivity contribution in [2.75, 3.05) is 0 Å². The van der Waals surface area contributed by atoms with Crippen molar-refractivity contribution in [3.63, 3.8) is 0 Å². The summed E-state index contributed by atoms with van der Waals surface area (Å²) >= 11 is 0. The molecule has 1 amide bonds. The maximum Gasteiger partial charge on any atom is 0.326 e. The predicted octanol–water partition coefficient (Wildman–Crippen LogP) is 2.96. The number of carbonyl (C=O) groups is 2. The molecular formula is C15H27NO3. The summed E-state index contributed by atoms with van der Waals surface area (Å²) in [4.78, 5) is 23.2. The van der Waals surface area contributed by atoms with E-state index < -0.39 is 12.0 Å². The van der Waals surface area contributed by atoms with E-state index in [0.29, 0.717) is 12.3 Å². The van der Waals surface area contributed by atoms with E-state index in [9.17, 15) is 9.59 Å². The number of carbonyl (C=O) groups excluding carboxylic acids is 1. The summed E-state index contributed by atoms with van der Waals surface area (Å²) in [5.41, 5.74) is 0. The SMILES string of the molecule is CCCC(CC1CCCC1)C(=O)NC(CC)C(=O)O. The molecule has 0 aromatic heterocycles. The Balaban J connectivity index is 2.53. The topological polar surface area (TPSA) is 66.4 Å². The van der Waals surface area contributed by atoms with Gasteiger partial charge in [-0.3, -0.25) is 4.79 Å². The Bertz CT molecular complexity index is 298. The molecule has 4 heteroatoms. The molecule has 1 aliphatic carbocycles. The molecule has 1 rings (SSSR count). The van der Waals surface area contributed by atoms with Gasteiger partial charge in [0.05, 0.1) is 0 Å². The van der Waals surface area contributed by atoms with E-state index >= 15 is 0 Å². The van der Waals surface area contributed by atoms with Gasteiger partial charge in [0.2, 0.25) is 5.91 Å². The molecule has 1 fully saturated rings. The Hall–Kier alpha value is -1.06. The highest BCUT2D eigenvalue weighted by molar-refractivity contribution is 5.84. The molecule has 110 valence electrons. The Morgan fingerprint density at radius 2 is 1.89 bits per heavy atom. The minimum Gasteiger partial charge on any atom is -0.480 e. The number of nitrogens with one attached hydrogen (secondary N) is 1. The summed E-state index contributed by atoms with van der Waals surface area (Å²) < 4.78 is 0. The monoisotopic (exact) mass is 269 g/mol. The van der Waals surface area contributed by atoms with E-state index in [2.05, 4.69) is 12.2 Å². The molecule has 2 N–H and O–H groups in total. The number of hydrogen-bond donors (Lipinski definition) is 2. The van der Waals surface area contributed by atoms with Gasteiger partial charge in [0.1, 0.15) is 6.04 Å². The summed E-state index contributed by atoms with van der Waals surface area (Å²) in [6, 6.07) is -0.740. The minimum absolute atomic E-state index is 0.0125. The maximum absolute atomic E-state index is 12.2. The molecule has 1 saturated carbocycles. The molecule has 2 unspecified atom stereocenters. The first-order chi connectivity index (χ1) is 9.08. The molecular weight excluding hydrogens is 242 g/mol. The third-order valence-corrected chi connectivity index (χ3v) is 4.12. The fraction of sp³-hybridized carbons (Fsp3) is 0.867. The summed E-state index contributed by atoms with van der Waals surface area (Å²) in [5, 5.41) is 11.7. The van der Waals surface area contributed by atoms with Crippen LogP contribution in [0.5, 0.6) is 0 Å². The van der Waals surface area contributed by atoms with Gasteiger partial charge in [-0.1, -0.05) is 46.0 Å². The summed E-state index contributed by atoms with van der Waals surface area (Å²) in [6.07, 6.45) is 8.19. The fourth-order valence-electron chi connectivity index (χ4n) is 2.98. The van der Waals surface area contributed by atoms with Crippen molar-refractivity contribution >= 4 is 11.9 Å². The molecule has 2 atom stereocenters. The lowest BCUT2D eigenvalue weighted by Crippen LogP contribution is -2.43. The van der Waals surface area contributed by atoms with Gasteiger partial charge in [0.25, 0.3) is 0 Å². The molecule has 0 aromatic carbocycles. The lowest BCUT2D eigenvalue weighted by molar-refractivity contribution is -0.142. The summed E-state index contributed by atoms with van der Waals surface area (Å²) in [7, 11) is 0. The van der Waals surface area contributed by atoms with E-state index in [0.717, 1.165) is 19.3 Å². The Morgan fingerprint density at radius 3 is 2.37 bits per heavy atom. The smallest absolute Gasteiger partial charge is 0.326 e. The molecule has 4 nitrogen and oxygen atoms in total. The highest BCUT2D eigenvalue weighted by Crippen LogP contribution is 2.31. The molecule has 1 aliphatic rings. The van der Waals surface area contributed by atoms with Crippen LogP contribution in [-0.2, 0) is 9.59 Å². The number of aliphatic carboxylic acids is 1. The zero-order chi connectivity index (χ0) is 14.3. The normalized spacial score (nSPS) is 19.1. The molecule has 0 radical (unpaired) electrons. The van der Waals surface area contributed by atoms with Crippen LogP contribution in [0.25, 0.3) is 0 Å². The van der Waals surface area contributed by atoms with Crippen molar-refractivity contribution in [1.29, 1.82) is 0 Å². The molecule has 0 spiro atoms. The van der Waals surface area contributed by atoms with Crippen LogP contribution < -0.4 is 5.32 Å². The van der Waals surface area contributed by atoms with Crippen molar-refractivity contribution in [3.05, 3.63) is 0 Å². The van der Waals surface area contributed by atoms with Gasteiger partial charge in [0.15, 0.2) is 0 Å². The van der Waals surface area contributed by atoms with Crippen molar-refractivity contribution in [1.82, 2.24) is 5.32 Å². The van der Waals surface area contributed by atoms with Crippen LogP contribution in [0.4, 0.5) is 0 Å². The molecule has 0 bridgehead atoms. The number of carboxylic acid groups (broad SMARTS) is 1. The van der Waals surface area contributed by atoms with Crippen LogP contribution in [0.2, 0.25) is 0 Å². The highest BCUT2D eigenvalue weighted by atomic mass is 16.4. The van der Waals surface area contributed by atoms with Crippen LogP contribution in [-0.4, -0.2) is 23.0 Å². The first-order valence-electron chi connectivity index (χ1n) is 7.61. The predicted molar refractivity (Wildman–Crippen MR) is 74.8 cm³/mol. The van der Waals surface area contributed by atoms with E-state index in [1.165, 1.54) is 25.7 Å². The molecule has 19 heavy (non-hydrogen) atoms. The largest absolute Gasteiger partial charge is 0.480 e. The van der Waals surface area contributed by atoms with Crippen molar-refractivity contribution in [3.8, 4) is 0 Å². The third-order valence-electron chi connectivity index (χ3n) is 4.12. The Kier molecular flexibility index (Phi) is 6.89. The summed E-state index contributed by atoms with van der Waals surface area (Å²) in [6.45, 7) is 3.86. The van der Waals surface area contributed by atoms with Crippen LogP contribution in [0.3, 0.4) is 0 Å². The lowest BCUT2D eigenvalue weighted by atomic mass is 9.89. The number of hydrogen-bond acceptors (Lipinski definition) is 2. The van der Waals surface area contributed by atoms with E-state index in [4.69, 9.17) is 5.11 Å². The van der Waals surface area contributed by atoms with Gasteiger partial charge in [-0.2, -0.15) is 0 Å². The fourth-order valence-corrected chi connectivity index (χ4v) is 2.98. The van der Waals surface area contributed by atoms with E-state index in [1.54, 1.807) is 6.92 Å². The molecule has 0 saturated heterocycles. The van der Waals surface area contributed by atoms with E-state index in [-0.39, 0.29) is 11.8 Å². The molecule has 0 aliphatic heterocycles. The first-order valence-corrected chi connectivity index (χ1v) is 7.61.